The number of aryl methyl sites for hydroxylation is 1. The Bertz CT molecular complexity index is 1610. The predicted molar refractivity (Wildman–Crippen MR) is 160 cm³/mol. The number of methoxy groups -OCH3 is 1. The molecule has 1 aliphatic heterocycles. The fourth-order valence-electron chi connectivity index (χ4n) is 5.16. The third kappa shape index (κ3) is 6.14. The molecule has 0 spiro atoms. The van der Waals surface area contributed by atoms with Crippen molar-refractivity contribution in [2.45, 2.75) is 58.7 Å². The Morgan fingerprint density at radius 2 is 1.88 bits per heavy atom. The van der Waals surface area contributed by atoms with Crippen molar-refractivity contribution in [3.05, 3.63) is 65.5 Å². The highest BCUT2D eigenvalue weighted by atomic mass is 16.6. The molecule has 1 atom stereocenters. The monoisotopic (exact) mass is 571 g/mol. The highest BCUT2D eigenvalue weighted by Gasteiger charge is 2.31. The van der Waals surface area contributed by atoms with Crippen LogP contribution < -0.4 is 15.8 Å². The van der Waals surface area contributed by atoms with E-state index in [1.165, 1.54) is 6.33 Å². The molecule has 1 aliphatic rings. The number of carbonyl (C=O) groups is 2. The summed E-state index contributed by atoms with van der Waals surface area (Å²) in [6, 6.07) is 13.2. The number of piperidine rings is 1. The molecule has 4 aromatic rings. The molecule has 2 aromatic heterocycles. The van der Waals surface area contributed by atoms with E-state index in [1.807, 2.05) is 68.8 Å². The van der Waals surface area contributed by atoms with Gasteiger partial charge >= 0.3 is 6.09 Å². The van der Waals surface area contributed by atoms with Crippen LogP contribution in [0.1, 0.15) is 61.1 Å². The van der Waals surface area contributed by atoms with E-state index in [0.717, 1.165) is 29.5 Å². The van der Waals surface area contributed by atoms with Crippen molar-refractivity contribution in [3.8, 4) is 17.0 Å². The van der Waals surface area contributed by atoms with Crippen LogP contribution in [0, 0.1) is 6.92 Å². The number of nitrogens with two attached hydrogens (primary N) is 1. The number of fused-ring (bicyclic) bond motifs is 1. The van der Waals surface area contributed by atoms with E-state index in [1.54, 1.807) is 18.1 Å². The first-order valence-electron chi connectivity index (χ1n) is 14.0. The lowest BCUT2D eigenvalue weighted by molar-refractivity contribution is 0.0169. The number of nitrogen functional groups attached to an aromatic ring is 1. The van der Waals surface area contributed by atoms with Crippen LogP contribution in [-0.4, -0.2) is 62.4 Å². The molecular formula is C31H37N7O4. The van der Waals surface area contributed by atoms with E-state index in [-0.39, 0.29) is 18.0 Å². The van der Waals surface area contributed by atoms with E-state index in [4.69, 9.17) is 20.3 Å². The first-order valence-corrected chi connectivity index (χ1v) is 14.0. The second-order valence-electron chi connectivity index (χ2n) is 11.6. The number of carbonyl (C=O) groups excluding carboxylic acids is 2. The number of hydrogen-bond donors (Lipinski definition) is 2. The molecule has 220 valence electrons. The number of amides is 2. The second-order valence-corrected chi connectivity index (χ2v) is 11.6. The van der Waals surface area contributed by atoms with Gasteiger partial charge in [0.2, 0.25) is 0 Å². The van der Waals surface area contributed by atoms with Gasteiger partial charge in [0, 0.05) is 25.2 Å². The summed E-state index contributed by atoms with van der Waals surface area (Å²) >= 11 is 0. The van der Waals surface area contributed by atoms with Gasteiger partial charge in [0.25, 0.3) is 5.91 Å². The molecule has 0 aliphatic carbocycles. The summed E-state index contributed by atoms with van der Waals surface area (Å²) < 4.78 is 12.8. The average Bonchev–Trinajstić information content (AvgIpc) is 3.36. The van der Waals surface area contributed by atoms with Crippen LogP contribution in [0.25, 0.3) is 22.3 Å². The zero-order valence-corrected chi connectivity index (χ0v) is 24.7. The van der Waals surface area contributed by atoms with Gasteiger partial charge < -0.3 is 25.4 Å². The molecule has 11 nitrogen and oxygen atoms in total. The maximum atomic E-state index is 12.8. The Kier molecular flexibility index (Phi) is 8.02. The SMILES string of the molecule is COc1ccc(C)cc1C(=O)NCc1ccc(-c2nn([C@@H]3CCCN(C(=O)OC(C)(C)C)C3)c3ncnc(N)c23)cc1. The largest absolute Gasteiger partial charge is 0.496 e. The average molecular weight is 572 g/mol. The van der Waals surface area contributed by atoms with Gasteiger partial charge in [-0.05, 0) is 58.2 Å². The van der Waals surface area contributed by atoms with Crippen LogP contribution in [0.5, 0.6) is 5.75 Å². The van der Waals surface area contributed by atoms with Crippen molar-refractivity contribution in [2.24, 2.45) is 0 Å². The van der Waals surface area contributed by atoms with Gasteiger partial charge in [-0.15, -0.1) is 0 Å². The van der Waals surface area contributed by atoms with Crippen molar-refractivity contribution < 1.29 is 19.1 Å². The molecule has 5 rings (SSSR count). The molecule has 3 heterocycles. The maximum Gasteiger partial charge on any atom is 0.410 e. The zero-order chi connectivity index (χ0) is 30.0. The van der Waals surface area contributed by atoms with Gasteiger partial charge in [0.05, 0.1) is 24.1 Å². The minimum atomic E-state index is -0.570. The summed E-state index contributed by atoms with van der Waals surface area (Å²) in [5.41, 5.74) is 10.3. The Morgan fingerprint density at radius 3 is 2.60 bits per heavy atom. The summed E-state index contributed by atoms with van der Waals surface area (Å²) in [4.78, 5) is 36.1. The third-order valence-electron chi connectivity index (χ3n) is 7.19. The third-order valence-corrected chi connectivity index (χ3v) is 7.19. The zero-order valence-electron chi connectivity index (χ0n) is 24.7. The second kappa shape index (κ2) is 11.7. The van der Waals surface area contributed by atoms with E-state index >= 15 is 0 Å². The summed E-state index contributed by atoms with van der Waals surface area (Å²) in [5.74, 6) is 0.662. The standard InChI is InChI=1S/C31H37N7O4/c1-19-8-13-24(41-5)23(15-19)29(39)33-16-20-9-11-21(12-10-20)26-25-27(32)34-18-35-28(25)38(36-26)22-7-6-14-37(17-22)30(40)42-31(2,3)4/h8-13,15,18,22H,6-7,14,16-17H2,1-5H3,(H,33,39)(H2,32,34,35)/t22-/m1/s1. The highest BCUT2D eigenvalue weighted by Crippen LogP contribution is 2.34. The molecule has 0 bridgehead atoms. The van der Waals surface area contributed by atoms with Gasteiger partial charge in [-0.25, -0.2) is 19.4 Å². The molecule has 1 fully saturated rings. The highest BCUT2D eigenvalue weighted by molar-refractivity contribution is 5.98. The van der Waals surface area contributed by atoms with E-state index in [0.29, 0.717) is 53.5 Å². The molecule has 11 heteroatoms. The Balaban J connectivity index is 1.37. The predicted octanol–water partition coefficient (Wildman–Crippen LogP) is 4.89. The van der Waals surface area contributed by atoms with Crippen molar-refractivity contribution in [1.82, 2.24) is 30.0 Å². The number of aromatic nitrogens is 4. The lowest BCUT2D eigenvalue weighted by Gasteiger charge is -2.34. The number of anilines is 1. The van der Waals surface area contributed by atoms with Gasteiger partial charge in [-0.3, -0.25) is 4.79 Å². The first kappa shape index (κ1) is 28.8. The lowest BCUT2D eigenvalue weighted by atomic mass is 10.1. The Labute approximate surface area is 245 Å². The van der Waals surface area contributed by atoms with Gasteiger partial charge in [0.15, 0.2) is 5.65 Å². The number of likely N-dealkylation sites (tertiary alicyclic amines) is 1. The molecule has 0 unspecified atom stereocenters. The van der Waals surface area contributed by atoms with Crippen LogP contribution in [0.2, 0.25) is 0 Å². The fourth-order valence-corrected chi connectivity index (χ4v) is 5.16. The molecule has 42 heavy (non-hydrogen) atoms. The number of benzene rings is 2. The number of nitrogens with one attached hydrogen (secondary N) is 1. The van der Waals surface area contributed by atoms with Gasteiger partial charge in [0.1, 0.15) is 29.2 Å². The number of rotatable bonds is 6. The molecule has 2 amide bonds. The number of ether oxygens (including phenoxy) is 2. The van der Waals surface area contributed by atoms with Crippen LogP contribution >= 0.6 is 0 Å². The smallest absolute Gasteiger partial charge is 0.410 e. The van der Waals surface area contributed by atoms with E-state index in [9.17, 15) is 9.59 Å². The molecule has 0 radical (unpaired) electrons. The lowest BCUT2D eigenvalue weighted by Crippen LogP contribution is -2.43. The minimum absolute atomic E-state index is 0.0927. The van der Waals surface area contributed by atoms with Gasteiger partial charge in [-0.2, -0.15) is 5.10 Å². The molecule has 0 saturated carbocycles. The van der Waals surface area contributed by atoms with Crippen LogP contribution in [0.4, 0.5) is 10.6 Å². The first-order chi connectivity index (χ1) is 20.0. The minimum Gasteiger partial charge on any atom is -0.496 e. The van der Waals surface area contributed by atoms with Crippen LogP contribution in [-0.2, 0) is 11.3 Å². The topological polar surface area (TPSA) is 137 Å². The summed E-state index contributed by atoms with van der Waals surface area (Å²) in [6.45, 7) is 8.95. The van der Waals surface area contributed by atoms with E-state index < -0.39 is 5.60 Å². The molecule has 2 aromatic carbocycles. The molecular weight excluding hydrogens is 534 g/mol. The van der Waals surface area contributed by atoms with Crippen LogP contribution in [0.3, 0.4) is 0 Å². The Morgan fingerprint density at radius 1 is 1.12 bits per heavy atom. The number of nitrogens with zero attached hydrogens (tertiary/aromatic N) is 5. The summed E-state index contributed by atoms with van der Waals surface area (Å²) in [7, 11) is 1.55. The van der Waals surface area contributed by atoms with Gasteiger partial charge in [-0.1, -0.05) is 35.9 Å². The van der Waals surface area contributed by atoms with Crippen molar-refractivity contribution in [1.29, 1.82) is 0 Å². The normalized spacial score (nSPS) is 15.5. The summed E-state index contributed by atoms with van der Waals surface area (Å²) in [5, 5.41) is 8.59. The quantitative estimate of drug-likeness (QED) is 0.334. The summed E-state index contributed by atoms with van der Waals surface area (Å²) in [6.07, 6.45) is 2.75. The number of hydrogen-bond acceptors (Lipinski definition) is 8. The van der Waals surface area contributed by atoms with Crippen molar-refractivity contribution >= 4 is 28.9 Å². The van der Waals surface area contributed by atoms with Crippen molar-refractivity contribution in [3.63, 3.8) is 0 Å². The molecule has 1 saturated heterocycles. The maximum absolute atomic E-state index is 12.8. The Hall–Kier alpha value is -4.67. The molecule has 3 N–H and O–H groups in total. The van der Waals surface area contributed by atoms with Crippen LogP contribution in [0.15, 0.2) is 48.8 Å². The van der Waals surface area contributed by atoms with Crippen molar-refractivity contribution in [2.75, 3.05) is 25.9 Å². The fraction of sp³-hybridized carbons (Fsp3) is 0.387. The van der Waals surface area contributed by atoms with E-state index in [2.05, 4.69) is 15.3 Å².